The molecular formula is C13H16N4O2S. The van der Waals surface area contributed by atoms with Crippen molar-refractivity contribution in [3.63, 3.8) is 0 Å². The highest BCUT2D eigenvalue weighted by atomic mass is 32.2. The fourth-order valence-corrected chi connectivity index (χ4v) is 2.60. The van der Waals surface area contributed by atoms with Gasteiger partial charge in [-0.1, -0.05) is 6.07 Å². The summed E-state index contributed by atoms with van der Waals surface area (Å²) in [5.74, 6) is 0. The highest BCUT2D eigenvalue weighted by molar-refractivity contribution is 7.89. The average molecular weight is 292 g/mol. The van der Waals surface area contributed by atoms with E-state index in [1.54, 1.807) is 18.5 Å². The molecule has 0 aliphatic carbocycles. The van der Waals surface area contributed by atoms with Gasteiger partial charge in [0.2, 0.25) is 0 Å². The Kier molecular flexibility index (Phi) is 4.78. The molecule has 0 saturated carbocycles. The molecule has 0 aliphatic rings. The minimum Gasteiger partial charge on any atom is -0.326 e. The number of aromatic nitrogens is 2. The maximum absolute atomic E-state index is 12.0. The zero-order chi connectivity index (χ0) is 14.4. The molecule has 0 atom stereocenters. The zero-order valence-electron chi connectivity index (χ0n) is 10.9. The SMILES string of the molecule is NCc1ccc(S(=O)(=O)NCCc2ccncc2)nc1. The van der Waals surface area contributed by atoms with Crippen molar-refractivity contribution in [1.82, 2.24) is 14.7 Å². The largest absolute Gasteiger partial charge is 0.326 e. The number of hydrogen-bond donors (Lipinski definition) is 2. The lowest BCUT2D eigenvalue weighted by atomic mass is 10.2. The van der Waals surface area contributed by atoms with E-state index in [-0.39, 0.29) is 5.03 Å². The van der Waals surface area contributed by atoms with Crippen LogP contribution in [0.5, 0.6) is 0 Å². The minimum absolute atomic E-state index is 0.00410. The van der Waals surface area contributed by atoms with Crippen molar-refractivity contribution in [2.45, 2.75) is 18.0 Å². The number of nitrogens with one attached hydrogen (secondary N) is 1. The summed E-state index contributed by atoms with van der Waals surface area (Å²) >= 11 is 0. The van der Waals surface area contributed by atoms with Gasteiger partial charge in [-0.2, -0.15) is 0 Å². The first-order valence-corrected chi connectivity index (χ1v) is 7.64. The standard InChI is InChI=1S/C13H16N4O2S/c14-9-12-1-2-13(16-10-12)20(18,19)17-8-5-11-3-6-15-7-4-11/h1-4,6-7,10,17H,5,8-9,14H2. The van der Waals surface area contributed by atoms with Crippen LogP contribution >= 0.6 is 0 Å². The number of sulfonamides is 1. The van der Waals surface area contributed by atoms with Gasteiger partial charge < -0.3 is 5.73 Å². The molecule has 0 aromatic carbocycles. The fourth-order valence-electron chi connectivity index (χ4n) is 1.64. The molecule has 2 heterocycles. The van der Waals surface area contributed by atoms with E-state index in [0.717, 1.165) is 11.1 Å². The Balaban J connectivity index is 1.96. The van der Waals surface area contributed by atoms with Crippen LogP contribution in [-0.4, -0.2) is 24.9 Å². The third-order valence-corrected chi connectivity index (χ3v) is 4.14. The molecule has 6 nitrogen and oxygen atoms in total. The van der Waals surface area contributed by atoms with Crippen molar-refractivity contribution in [2.75, 3.05) is 6.54 Å². The third-order valence-electron chi connectivity index (χ3n) is 2.76. The lowest BCUT2D eigenvalue weighted by Gasteiger charge is -2.06. The summed E-state index contributed by atoms with van der Waals surface area (Å²) < 4.78 is 26.5. The maximum atomic E-state index is 12.0. The predicted octanol–water partition coefficient (Wildman–Crippen LogP) is 0.456. The third kappa shape index (κ3) is 3.83. The van der Waals surface area contributed by atoms with Gasteiger partial charge in [-0.25, -0.2) is 18.1 Å². The Morgan fingerprint density at radius 3 is 2.45 bits per heavy atom. The van der Waals surface area contributed by atoms with Crippen molar-refractivity contribution < 1.29 is 8.42 Å². The summed E-state index contributed by atoms with van der Waals surface area (Å²) in [5, 5.41) is 0.00410. The molecule has 0 bridgehead atoms. The summed E-state index contributed by atoms with van der Waals surface area (Å²) in [7, 11) is -3.57. The monoisotopic (exact) mass is 292 g/mol. The van der Waals surface area contributed by atoms with Crippen LogP contribution in [0.3, 0.4) is 0 Å². The van der Waals surface area contributed by atoms with Crippen molar-refractivity contribution in [2.24, 2.45) is 5.73 Å². The molecule has 20 heavy (non-hydrogen) atoms. The average Bonchev–Trinajstić information content (AvgIpc) is 2.48. The van der Waals surface area contributed by atoms with E-state index in [9.17, 15) is 8.42 Å². The van der Waals surface area contributed by atoms with Crippen molar-refractivity contribution in [3.05, 3.63) is 54.0 Å². The van der Waals surface area contributed by atoms with Crippen LogP contribution in [0.2, 0.25) is 0 Å². The van der Waals surface area contributed by atoms with E-state index < -0.39 is 10.0 Å². The molecule has 0 unspecified atom stereocenters. The summed E-state index contributed by atoms with van der Waals surface area (Å²) in [6.07, 6.45) is 5.42. The van der Waals surface area contributed by atoms with Crippen molar-refractivity contribution in [3.8, 4) is 0 Å². The molecule has 0 aliphatic heterocycles. The number of rotatable bonds is 6. The molecule has 0 fully saturated rings. The first-order valence-electron chi connectivity index (χ1n) is 6.15. The fraction of sp³-hybridized carbons (Fsp3) is 0.231. The number of pyridine rings is 2. The van der Waals surface area contributed by atoms with Crippen LogP contribution < -0.4 is 10.5 Å². The van der Waals surface area contributed by atoms with Gasteiger partial charge >= 0.3 is 0 Å². The predicted molar refractivity (Wildman–Crippen MR) is 75.3 cm³/mol. The van der Waals surface area contributed by atoms with Crippen LogP contribution in [-0.2, 0) is 23.0 Å². The Morgan fingerprint density at radius 2 is 1.85 bits per heavy atom. The van der Waals surface area contributed by atoms with Crippen molar-refractivity contribution in [1.29, 1.82) is 0 Å². The quantitative estimate of drug-likeness (QED) is 0.806. The Bertz CT molecular complexity index is 642. The van der Waals surface area contributed by atoms with Crippen LogP contribution in [0.25, 0.3) is 0 Å². The number of nitrogens with zero attached hydrogens (tertiary/aromatic N) is 2. The Hall–Kier alpha value is -1.83. The highest BCUT2D eigenvalue weighted by Crippen LogP contribution is 2.06. The smallest absolute Gasteiger partial charge is 0.258 e. The van der Waals surface area contributed by atoms with E-state index in [1.165, 1.54) is 12.3 Å². The Morgan fingerprint density at radius 1 is 1.10 bits per heavy atom. The zero-order valence-corrected chi connectivity index (χ0v) is 11.7. The van der Waals surface area contributed by atoms with E-state index in [1.807, 2.05) is 12.1 Å². The van der Waals surface area contributed by atoms with Crippen LogP contribution in [0.15, 0.2) is 47.9 Å². The summed E-state index contributed by atoms with van der Waals surface area (Å²) in [6.45, 7) is 0.648. The lowest BCUT2D eigenvalue weighted by Crippen LogP contribution is -2.26. The van der Waals surface area contributed by atoms with Gasteiger partial charge in [0.1, 0.15) is 0 Å². The van der Waals surface area contributed by atoms with E-state index in [2.05, 4.69) is 14.7 Å². The number of hydrogen-bond acceptors (Lipinski definition) is 5. The molecule has 7 heteroatoms. The second-order valence-electron chi connectivity index (χ2n) is 4.21. The molecule has 0 radical (unpaired) electrons. The summed E-state index contributed by atoms with van der Waals surface area (Å²) in [5.41, 5.74) is 7.26. The van der Waals surface area contributed by atoms with Gasteiger partial charge in [0, 0.05) is 31.7 Å². The van der Waals surface area contributed by atoms with Crippen LogP contribution in [0.1, 0.15) is 11.1 Å². The first kappa shape index (κ1) is 14.6. The molecule has 0 saturated heterocycles. The van der Waals surface area contributed by atoms with E-state index in [4.69, 9.17) is 5.73 Å². The van der Waals surface area contributed by atoms with Gasteiger partial charge in [-0.05, 0) is 35.7 Å². The van der Waals surface area contributed by atoms with Crippen LogP contribution in [0.4, 0.5) is 0 Å². The summed E-state index contributed by atoms with van der Waals surface area (Å²) in [6, 6.07) is 6.81. The van der Waals surface area contributed by atoms with Gasteiger partial charge in [-0.3, -0.25) is 4.98 Å². The molecule has 106 valence electrons. The molecule has 0 spiro atoms. The minimum atomic E-state index is -3.57. The van der Waals surface area contributed by atoms with Gasteiger partial charge in [0.05, 0.1) is 0 Å². The van der Waals surface area contributed by atoms with Gasteiger partial charge in [-0.15, -0.1) is 0 Å². The molecule has 2 rings (SSSR count). The highest BCUT2D eigenvalue weighted by Gasteiger charge is 2.14. The first-order chi connectivity index (χ1) is 9.62. The lowest BCUT2D eigenvalue weighted by molar-refractivity contribution is 0.577. The van der Waals surface area contributed by atoms with Crippen LogP contribution in [0, 0.1) is 0 Å². The van der Waals surface area contributed by atoms with Crippen molar-refractivity contribution >= 4 is 10.0 Å². The molecule has 3 N–H and O–H groups in total. The van der Waals surface area contributed by atoms with E-state index >= 15 is 0 Å². The molecule has 0 amide bonds. The summed E-state index contributed by atoms with van der Waals surface area (Å²) in [4.78, 5) is 7.81. The van der Waals surface area contributed by atoms with E-state index in [0.29, 0.717) is 19.5 Å². The topological polar surface area (TPSA) is 98.0 Å². The molecule has 2 aromatic rings. The molecular weight excluding hydrogens is 276 g/mol. The molecule has 2 aromatic heterocycles. The second kappa shape index (κ2) is 6.56. The maximum Gasteiger partial charge on any atom is 0.258 e. The normalized spacial score (nSPS) is 11.4. The second-order valence-corrected chi connectivity index (χ2v) is 5.93. The van der Waals surface area contributed by atoms with Gasteiger partial charge in [0.15, 0.2) is 5.03 Å². The van der Waals surface area contributed by atoms with Gasteiger partial charge in [0.25, 0.3) is 10.0 Å². The number of nitrogens with two attached hydrogens (primary N) is 1. The Labute approximate surface area is 118 Å².